The summed E-state index contributed by atoms with van der Waals surface area (Å²) in [5, 5.41) is -0.537. The Bertz CT molecular complexity index is 1440. The van der Waals surface area contributed by atoms with Crippen molar-refractivity contribution in [2.45, 2.75) is 19.5 Å². The van der Waals surface area contributed by atoms with Crippen molar-refractivity contribution in [1.82, 2.24) is 14.7 Å². The molecule has 0 radical (unpaired) electrons. The van der Waals surface area contributed by atoms with Gasteiger partial charge in [0.15, 0.2) is 0 Å². The largest absolute Gasteiger partial charge is 0.336 e. The van der Waals surface area contributed by atoms with Gasteiger partial charge < -0.3 is 4.90 Å². The summed E-state index contributed by atoms with van der Waals surface area (Å²) in [5.41, 5.74) is 2.40. The quantitative estimate of drug-likeness (QED) is 0.370. The van der Waals surface area contributed by atoms with Crippen LogP contribution in [0.1, 0.15) is 40.0 Å². The van der Waals surface area contributed by atoms with Crippen LogP contribution in [0.25, 0.3) is 6.08 Å². The van der Waals surface area contributed by atoms with Crippen molar-refractivity contribution in [3.05, 3.63) is 112 Å². The molecular weight excluding hydrogens is 520 g/mol. The third kappa shape index (κ3) is 5.94. The predicted molar refractivity (Wildman–Crippen MR) is 147 cm³/mol. The lowest BCUT2D eigenvalue weighted by Crippen LogP contribution is -2.49. The number of carbonyl (C=O) groups is 3. The molecule has 0 bridgehead atoms. The summed E-state index contributed by atoms with van der Waals surface area (Å²) in [6.07, 6.45) is 1.56. The zero-order valence-electron chi connectivity index (χ0n) is 21.3. The van der Waals surface area contributed by atoms with Crippen molar-refractivity contribution in [2.24, 2.45) is 0 Å². The van der Waals surface area contributed by atoms with E-state index in [4.69, 9.17) is 0 Å². The highest BCUT2D eigenvalue weighted by Gasteiger charge is 2.35. The van der Waals surface area contributed by atoms with Gasteiger partial charge in [-0.2, -0.15) is 0 Å². The van der Waals surface area contributed by atoms with E-state index >= 15 is 0 Å². The molecule has 2 heterocycles. The molecule has 2 saturated heterocycles. The molecule has 3 aromatic carbocycles. The number of carbonyl (C=O) groups excluding carboxylic acids is 3. The van der Waals surface area contributed by atoms with E-state index in [1.54, 1.807) is 30.3 Å². The lowest BCUT2D eigenvalue weighted by molar-refractivity contribution is -0.123. The minimum absolute atomic E-state index is 0.0470. The van der Waals surface area contributed by atoms with Gasteiger partial charge >= 0.3 is 0 Å². The van der Waals surface area contributed by atoms with Gasteiger partial charge in [-0.25, -0.2) is 8.78 Å². The molecule has 1 atom stereocenters. The summed E-state index contributed by atoms with van der Waals surface area (Å²) in [7, 11) is 0. The number of halogens is 2. The minimum atomic E-state index is -0.820. The number of benzene rings is 3. The van der Waals surface area contributed by atoms with E-state index in [-0.39, 0.29) is 29.0 Å². The van der Waals surface area contributed by atoms with Crippen molar-refractivity contribution in [2.75, 3.05) is 26.2 Å². The summed E-state index contributed by atoms with van der Waals surface area (Å²) in [5.74, 6) is -2.20. The van der Waals surface area contributed by atoms with Crippen molar-refractivity contribution in [1.29, 1.82) is 0 Å². The van der Waals surface area contributed by atoms with Gasteiger partial charge in [0, 0.05) is 49.4 Å². The van der Waals surface area contributed by atoms with Crippen LogP contribution in [0.15, 0.2) is 77.7 Å². The second-order valence-electron chi connectivity index (χ2n) is 9.54. The van der Waals surface area contributed by atoms with Gasteiger partial charge in [-0.1, -0.05) is 48.5 Å². The first kappa shape index (κ1) is 26.8. The molecule has 2 aliphatic heterocycles. The number of amides is 3. The molecule has 2 fully saturated rings. The molecule has 3 amide bonds. The number of imide groups is 1. The van der Waals surface area contributed by atoms with Gasteiger partial charge in [0.25, 0.3) is 17.1 Å². The van der Waals surface area contributed by atoms with Crippen LogP contribution in [-0.2, 0) is 11.3 Å². The van der Waals surface area contributed by atoms with Crippen molar-refractivity contribution in [3.63, 3.8) is 0 Å². The number of thioether (sulfide) groups is 1. The fourth-order valence-corrected chi connectivity index (χ4v) is 5.64. The molecule has 0 aromatic heterocycles. The Kier molecular flexibility index (Phi) is 7.90. The molecule has 0 unspecified atom stereocenters. The molecule has 2 aliphatic rings. The van der Waals surface area contributed by atoms with Crippen LogP contribution in [0.2, 0.25) is 0 Å². The maximum Gasteiger partial charge on any atom is 0.293 e. The highest BCUT2D eigenvalue weighted by molar-refractivity contribution is 8.18. The molecule has 9 heteroatoms. The summed E-state index contributed by atoms with van der Waals surface area (Å²) < 4.78 is 27.3. The van der Waals surface area contributed by atoms with Crippen molar-refractivity contribution < 1.29 is 23.2 Å². The van der Waals surface area contributed by atoms with Crippen LogP contribution in [0.3, 0.4) is 0 Å². The number of rotatable bonds is 6. The van der Waals surface area contributed by atoms with Crippen molar-refractivity contribution >= 4 is 34.9 Å². The molecule has 3 aromatic rings. The third-order valence-electron chi connectivity index (χ3n) is 7.08. The van der Waals surface area contributed by atoms with E-state index in [9.17, 15) is 23.2 Å². The van der Waals surface area contributed by atoms with E-state index in [1.165, 1.54) is 11.6 Å². The molecule has 6 nitrogen and oxygen atoms in total. The number of nitrogens with zero attached hydrogens (tertiary/aromatic N) is 3. The Morgan fingerprint density at radius 2 is 1.69 bits per heavy atom. The summed E-state index contributed by atoms with van der Waals surface area (Å²) in [4.78, 5) is 43.9. The molecule has 0 saturated carbocycles. The van der Waals surface area contributed by atoms with E-state index in [1.807, 2.05) is 23.1 Å². The third-order valence-corrected chi connectivity index (χ3v) is 7.99. The van der Waals surface area contributed by atoms with Gasteiger partial charge in [-0.15, -0.1) is 0 Å². The number of hydrogen-bond acceptors (Lipinski definition) is 5. The number of piperazine rings is 1. The normalized spacial score (nSPS) is 18.2. The Labute approximate surface area is 229 Å². The zero-order valence-corrected chi connectivity index (χ0v) is 22.2. The molecule has 0 aliphatic carbocycles. The van der Waals surface area contributed by atoms with E-state index in [0.717, 1.165) is 41.9 Å². The highest BCUT2D eigenvalue weighted by atomic mass is 32.2. The topological polar surface area (TPSA) is 60.9 Å². The van der Waals surface area contributed by atoms with Crippen LogP contribution in [0.4, 0.5) is 13.6 Å². The Balaban J connectivity index is 1.24. The Morgan fingerprint density at radius 1 is 0.949 bits per heavy atom. The first-order valence-electron chi connectivity index (χ1n) is 12.7. The standard InChI is InChI=1S/C30H27F2N3O3S/c1-20(22-7-3-2-4-8-22)33-12-14-34(15-13-33)28(36)23-9-5-6-21(16-23)17-27-29(37)35(30(38)39-27)19-24-10-11-25(31)18-26(24)32/h2-11,16-18,20H,12-15,19H2,1H3/b27-17-/t20-/m0/s1. The number of hydrogen-bond donors (Lipinski definition) is 0. The molecular formula is C30H27F2N3O3S. The van der Waals surface area contributed by atoms with Crippen LogP contribution in [-0.4, -0.2) is 57.9 Å². The second-order valence-corrected chi connectivity index (χ2v) is 10.5. The SMILES string of the molecule is C[C@@H](c1ccccc1)N1CCN(C(=O)c2cccc(/C=C3\SC(=O)N(Cc4ccc(F)cc4F)C3=O)c2)CC1. The summed E-state index contributed by atoms with van der Waals surface area (Å²) in [6.45, 7) is 4.64. The fourth-order valence-electron chi connectivity index (χ4n) is 4.81. The summed E-state index contributed by atoms with van der Waals surface area (Å²) >= 11 is 0.749. The van der Waals surface area contributed by atoms with E-state index in [0.29, 0.717) is 24.2 Å². The molecule has 200 valence electrons. The molecule has 5 rings (SSSR count). The van der Waals surface area contributed by atoms with E-state index in [2.05, 4.69) is 24.0 Å². The lowest BCUT2D eigenvalue weighted by Gasteiger charge is -2.38. The van der Waals surface area contributed by atoms with Gasteiger partial charge in [-0.3, -0.25) is 24.2 Å². The van der Waals surface area contributed by atoms with Crippen molar-refractivity contribution in [3.8, 4) is 0 Å². The first-order chi connectivity index (χ1) is 18.8. The van der Waals surface area contributed by atoms with Crippen LogP contribution in [0.5, 0.6) is 0 Å². The molecule has 39 heavy (non-hydrogen) atoms. The van der Waals surface area contributed by atoms with Crippen LogP contribution in [0, 0.1) is 11.6 Å². The van der Waals surface area contributed by atoms with Crippen LogP contribution < -0.4 is 0 Å². The average molecular weight is 548 g/mol. The van der Waals surface area contributed by atoms with E-state index < -0.39 is 22.8 Å². The first-order valence-corrected chi connectivity index (χ1v) is 13.5. The van der Waals surface area contributed by atoms with Gasteiger partial charge in [0.2, 0.25) is 0 Å². The smallest absolute Gasteiger partial charge is 0.293 e. The molecule has 0 spiro atoms. The molecule has 0 N–H and O–H groups in total. The minimum Gasteiger partial charge on any atom is -0.336 e. The summed E-state index contributed by atoms with van der Waals surface area (Å²) in [6, 6.07) is 20.5. The maximum absolute atomic E-state index is 14.1. The highest BCUT2D eigenvalue weighted by Crippen LogP contribution is 2.34. The Hall–Kier alpha value is -3.82. The van der Waals surface area contributed by atoms with Gasteiger partial charge in [0.05, 0.1) is 11.4 Å². The fraction of sp³-hybridized carbons (Fsp3) is 0.233. The second kappa shape index (κ2) is 11.5. The lowest BCUT2D eigenvalue weighted by atomic mass is 10.1. The van der Waals surface area contributed by atoms with Gasteiger partial charge in [-0.05, 0) is 54.1 Å². The predicted octanol–water partition coefficient (Wildman–Crippen LogP) is 5.72. The van der Waals surface area contributed by atoms with Gasteiger partial charge in [0.1, 0.15) is 11.6 Å². The monoisotopic (exact) mass is 547 g/mol. The maximum atomic E-state index is 14.1. The Morgan fingerprint density at radius 3 is 2.41 bits per heavy atom. The van der Waals surface area contributed by atoms with Crippen LogP contribution >= 0.6 is 11.8 Å². The zero-order chi connectivity index (χ0) is 27.5. The average Bonchev–Trinajstić information content (AvgIpc) is 3.21.